The topological polar surface area (TPSA) is 43.3 Å². The molecule has 0 N–H and O–H groups in total. The van der Waals surface area contributed by atoms with Gasteiger partial charge in [-0.3, -0.25) is 9.30 Å². The second-order valence-electron chi connectivity index (χ2n) is 18.7. The van der Waals surface area contributed by atoms with Gasteiger partial charge < -0.3 is 9.13 Å². The zero-order valence-electron chi connectivity index (χ0n) is 36.4. The van der Waals surface area contributed by atoms with E-state index in [0.717, 1.165) is 73.0 Å². The molecule has 6 nitrogen and oxygen atoms in total. The number of aromatic nitrogens is 5. The molecule has 0 saturated carbocycles. The summed E-state index contributed by atoms with van der Waals surface area (Å²) < 4.78 is 6.98. The van der Waals surface area contributed by atoms with Gasteiger partial charge in [0.15, 0.2) is 5.82 Å². The minimum absolute atomic E-state index is 0. The number of aryl methyl sites for hydroxylation is 2. The summed E-state index contributed by atoms with van der Waals surface area (Å²) in [7, 11) is 0. The van der Waals surface area contributed by atoms with Gasteiger partial charge in [0, 0.05) is 22.1 Å². The predicted molar refractivity (Wildman–Crippen MR) is 254 cm³/mol. The van der Waals surface area contributed by atoms with Gasteiger partial charge in [-0.1, -0.05) is 136 Å². The van der Waals surface area contributed by atoms with Gasteiger partial charge in [0.25, 0.3) is 6.71 Å². The summed E-state index contributed by atoms with van der Waals surface area (Å²) in [5.41, 5.74) is 15.7. The van der Waals surface area contributed by atoms with E-state index < -0.39 is 0 Å². The molecule has 1 aliphatic heterocycles. The maximum atomic E-state index is 5.77. The molecule has 8 heteroatoms. The van der Waals surface area contributed by atoms with Crippen LogP contribution in [0.25, 0.3) is 50.1 Å². The number of anilines is 3. The average Bonchev–Trinajstić information content (AvgIpc) is 3.89. The third kappa shape index (κ3) is 6.03. The number of pyridine rings is 1. The molecular weight excluding hydrogens is 939 g/mol. The molecule has 0 unspecified atom stereocenters. The van der Waals surface area contributed by atoms with Crippen molar-refractivity contribution in [2.24, 2.45) is 0 Å². The maximum Gasteiger partial charge on any atom is 2.00 e. The van der Waals surface area contributed by atoms with Gasteiger partial charge in [-0.2, -0.15) is 52.5 Å². The van der Waals surface area contributed by atoms with Crippen molar-refractivity contribution < 1.29 is 21.1 Å². The SMILES string of the molecule is Cc1cccc(C)c1B1c2ccccc2N(c2ccc3c4ccccc4n(-c4[c-]ccc(C(C)(C)C)c4)c3n2)c2nc3n(-c4[c-]ccc(C(C)(C)C)c4)c4ccccc4n3c21.[Pt+2]. The molecule has 0 spiro atoms. The van der Waals surface area contributed by atoms with Gasteiger partial charge in [-0.25, -0.2) is 4.98 Å². The van der Waals surface area contributed by atoms with E-state index in [9.17, 15) is 0 Å². The third-order valence-corrected chi connectivity index (χ3v) is 12.8. The van der Waals surface area contributed by atoms with Crippen molar-refractivity contribution in [1.82, 2.24) is 23.5 Å². The summed E-state index contributed by atoms with van der Waals surface area (Å²) >= 11 is 0. The van der Waals surface area contributed by atoms with Crippen LogP contribution in [0.2, 0.25) is 0 Å². The summed E-state index contributed by atoms with van der Waals surface area (Å²) in [6, 6.07) is 57.4. The Morgan fingerprint density at radius 3 is 1.84 bits per heavy atom. The normalized spacial score (nSPS) is 13.0. The number of hydrogen-bond acceptors (Lipinski definition) is 3. The predicted octanol–water partition coefficient (Wildman–Crippen LogP) is 10.9. The Kier molecular flexibility index (Phi) is 9.31. The van der Waals surface area contributed by atoms with Crippen LogP contribution in [0.5, 0.6) is 0 Å². The van der Waals surface area contributed by atoms with E-state index >= 15 is 0 Å². The van der Waals surface area contributed by atoms with Crippen LogP contribution < -0.4 is 21.4 Å². The largest absolute Gasteiger partial charge is 2.00 e. The first-order valence-corrected chi connectivity index (χ1v) is 21.3. The number of nitrogens with zero attached hydrogens (tertiary/aromatic N) is 6. The van der Waals surface area contributed by atoms with Crippen LogP contribution in [0.4, 0.5) is 17.3 Å². The van der Waals surface area contributed by atoms with E-state index in [1.165, 1.54) is 33.2 Å². The van der Waals surface area contributed by atoms with Gasteiger partial charge in [-0.05, 0) is 66.5 Å². The molecule has 0 fully saturated rings. The zero-order valence-corrected chi connectivity index (χ0v) is 38.6. The maximum absolute atomic E-state index is 5.77. The van der Waals surface area contributed by atoms with E-state index in [0.29, 0.717) is 0 Å². The smallest absolute Gasteiger partial charge is 0.318 e. The molecule has 1 aliphatic rings. The van der Waals surface area contributed by atoms with Crippen molar-refractivity contribution in [3.8, 4) is 11.4 Å². The van der Waals surface area contributed by atoms with Gasteiger partial charge in [-0.15, -0.1) is 12.1 Å². The number of hydrogen-bond donors (Lipinski definition) is 0. The average molecular weight is 986 g/mol. The number of para-hydroxylation sites is 4. The Morgan fingerprint density at radius 1 is 0.565 bits per heavy atom. The Hall–Kier alpha value is -6.17. The van der Waals surface area contributed by atoms with Crippen molar-refractivity contribution >= 4 is 79.3 Å². The molecule has 306 valence electrons. The summed E-state index contributed by atoms with van der Waals surface area (Å²) in [4.78, 5) is 13.7. The molecule has 10 aromatic rings. The minimum Gasteiger partial charge on any atom is -0.318 e. The molecule has 0 aliphatic carbocycles. The summed E-state index contributed by atoms with van der Waals surface area (Å²) in [6.45, 7) is 17.9. The van der Waals surface area contributed by atoms with E-state index in [1.54, 1.807) is 0 Å². The monoisotopic (exact) mass is 985 g/mol. The Bertz CT molecular complexity index is 3370. The second-order valence-corrected chi connectivity index (χ2v) is 18.7. The van der Waals surface area contributed by atoms with Crippen molar-refractivity contribution in [2.75, 3.05) is 4.90 Å². The number of fused-ring (bicyclic) bond motifs is 9. The van der Waals surface area contributed by atoms with E-state index in [-0.39, 0.29) is 38.6 Å². The van der Waals surface area contributed by atoms with Gasteiger partial charge in [0.2, 0.25) is 5.78 Å². The molecule has 11 rings (SSSR count). The van der Waals surface area contributed by atoms with Gasteiger partial charge in [0.05, 0.1) is 16.6 Å². The fourth-order valence-corrected chi connectivity index (χ4v) is 9.71. The van der Waals surface area contributed by atoms with Gasteiger partial charge >= 0.3 is 21.1 Å². The molecule has 0 saturated heterocycles. The quantitative estimate of drug-likeness (QED) is 0.130. The molecule has 4 aromatic heterocycles. The van der Waals surface area contributed by atoms with Crippen LogP contribution in [-0.4, -0.2) is 30.2 Å². The first-order chi connectivity index (χ1) is 29.4. The van der Waals surface area contributed by atoms with E-state index in [1.807, 2.05) is 6.07 Å². The molecule has 6 aromatic carbocycles. The minimum atomic E-state index is -0.104. The van der Waals surface area contributed by atoms with Crippen molar-refractivity contribution in [1.29, 1.82) is 0 Å². The first-order valence-electron chi connectivity index (χ1n) is 21.3. The fourth-order valence-electron chi connectivity index (χ4n) is 9.71. The number of imidazole rings is 2. The summed E-state index contributed by atoms with van der Waals surface area (Å²) in [5.74, 6) is 2.50. The molecule has 0 bridgehead atoms. The standard InChI is InChI=1S/C54H47BN6.Pt/c1-34-18-15-19-35(2)48(34)55-42-25-10-12-27-44(42)60(47-31-30-41-40-24-9-11-26-43(40)58(50(41)56-47)38-22-16-20-36(32-38)53(3,4)5)51-49(55)61-46-29-14-13-28-45(46)59(52(61)57-51)39-23-17-21-37(33-39)54(6,7)8;/h9-21,24-33H,1-8H3;/q-2;+2. The molecular formula is C54H47BN6Pt. The molecule has 0 amide bonds. The van der Waals surface area contributed by atoms with Crippen molar-refractivity contribution in [3.05, 3.63) is 174 Å². The van der Waals surface area contributed by atoms with Crippen molar-refractivity contribution in [3.63, 3.8) is 0 Å². The zero-order chi connectivity index (χ0) is 41.9. The first kappa shape index (κ1) is 39.9. The Morgan fingerprint density at radius 2 is 1.16 bits per heavy atom. The third-order valence-electron chi connectivity index (χ3n) is 12.8. The number of rotatable bonds is 4. The van der Waals surface area contributed by atoms with Crippen LogP contribution >= 0.6 is 0 Å². The Labute approximate surface area is 378 Å². The van der Waals surface area contributed by atoms with Crippen LogP contribution in [0.3, 0.4) is 0 Å². The Balaban J connectivity index is 0.00000458. The number of benzene rings is 6. The van der Waals surface area contributed by atoms with Crippen LogP contribution in [-0.2, 0) is 31.9 Å². The molecule has 0 radical (unpaired) electrons. The van der Waals surface area contributed by atoms with E-state index in [2.05, 4.69) is 219 Å². The molecule has 5 heterocycles. The molecule has 0 atom stereocenters. The van der Waals surface area contributed by atoms with Crippen LogP contribution in [0.1, 0.15) is 63.8 Å². The van der Waals surface area contributed by atoms with Crippen LogP contribution in [0, 0.1) is 26.0 Å². The van der Waals surface area contributed by atoms with Crippen LogP contribution in [0.15, 0.2) is 140 Å². The van der Waals surface area contributed by atoms with Gasteiger partial charge in [0.1, 0.15) is 11.5 Å². The van der Waals surface area contributed by atoms with Crippen molar-refractivity contribution in [2.45, 2.75) is 66.2 Å². The fraction of sp³-hybridized carbons (Fsp3) is 0.185. The summed E-state index contributed by atoms with van der Waals surface area (Å²) in [5, 5.41) is 2.25. The molecule has 62 heavy (non-hydrogen) atoms. The van der Waals surface area contributed by atoms with E-state index in [4.69, 9.17) is 9.97 Å². The summed E-state index contributed by atoms with van der Waals surface area (Å²) in [6.07, 6.45) is 0. The second kappa shape index (κ2) is 14.5.